The second-order valence-electron chi connectivity index (χ2n) is 3.65. The van der Waals surface area contributed by atoms with Gasteiger partial charge in [0.05, 0.1) is 11.6 Å². The quantitative estimate of drug-likeness (QED) is 0.715. The van der Waals surface area contributed by atoms with E-state index in [0.717, 1.165) is 0 Å². The van der Waals surface area contributed by atoms with Crippen LogP contribution in [-0.4, -0.2) is 0 Å². The van der Waals surface area contributed by atoms with Gasteiger partial charge in [0.2, 0.25) is 0 Å². The Morgan fingerprint density at radius 3 is 2.72 bits per heavy atom. The third-order valence-corrected chi connectivity index (χ3v) is 2.28. The Bertz CT molecular complexity index is 548. The molecule has 0 aliphatic carbocycles. The number of benzene rings is 1. The molecule has 0 saturated carbocycles. The van der Waals surface area contributed by atoms with Crippen molar-refractivity contribution < 1.29 is 8.78 Å². The minimum atomic E-state index is -0.591. The molecule has 0 amide bonds. The molecule has 0 aliphatic rings. The van der Waals surface area contributed by atoms with Crippen molar-refractivity contribution in [2.24, 2.45) is 0 Å². The average molecular weight is 245 g/mol. The number of rotatable bonds is 4. The molecule has 1 nitrogen and oxygen atoms in total. The maximum atomic E-state index is 13.2. The van der Waals surface area contributed by atoms with E-state index in [1.165, 1.54) is 30.4 Å². The van der Waals surface area contributed by atoms with Crippen molar-refractivity contribution in [2.75, 3.05) is 0 Å². The van der Waals surface area contributed by atoms with E-state index < -0.39 is 11.6 Å². The van der Waals surface area contributed by atoms with Crippen molar-refractivity contribution in [1.82, 2.24) is 0 Å². The molecule has 1 aromatic carbocycles. The van der Waals surface area contributed by atoms with Crippen LogP contribution in [0.25, 0.3) is 5.57 Å². The summed E-state index contributed by atoms with van der Waals surface area (Å²) in [5, 5.41) is 8.99. The fourth-order valence-electron chi connectivity index (χ4n) is 1.52. The minimum Gasteiger partial charge on any atom is -0.208 e. The summed E-state index contributed by atoms with van der Waals surface area (Å²) in [4.78, 5) is 0. The van der Waals surface area contributed by atoms with Crippen LogP contribution < -0.4 is 0 Å². The molecule has 0 N–H and O–H groups in total. The number of nitrogens with zero attached hydrogens (tertiary/aromatic N) is 1. The molecule has 18 heavy (non-hydrogen) atoms. The number of halogens is 2. The summed E-state index contributed by atoms with van der Waals surface area (Å²) in [7, 11) is 0. The first-order valence-corrected chi connectivity index (χ1v) is 5.51. The summed E-state index contributed by atoms with van der Waals surface area (Å²) >= 11 is 0. The van der Waals surface area contributed by atoms with E-state index in [0.29, 0.717) is 23.1 Å². The Morgan fingerprint density at radius 2 is 2.17 bits per heavy atom. The topological polar surface area (TPSA) is 23.8 Å². The first-order chi connectivity index (χ1) is 8.58. The van der Waals surface area contributed by atoms with E-state index >= 15 is 0 Å². The van der Waals surface area contributed by atoms with E-state index in [1.807, 2.05) is 13.0 Å². The molecule has 0 unspecified atom stereocenters. The normalized spacial score (nSPS) is 11.6. The zero-order valence-corrected chi connectivity index (χ0v) is 10.1. The van der Waals surface area contributed by atoms with Gasteiger partial charge in [-0.1, -0.05) is 25.7 Å². The summed E-state index contributed by atoms with van der Waals surface area (Å²) in [6.07, 6.45) is 5.17. The minimum absolute atomic E-state index is 0.352. The molecular formula is C15H13F2N. The second kappa shape index (κ2) is 6.51. The lowest BCUT2D eigenvalue weighted by atomic mass is 9.98. The predicted octanol–water partition coefficient (Wildman–Crippen LogP) is 4.53. The summed E-state index contributed by atoms with van der Waals surface area (Å²) in [6, 6.07) is 5.90. The highest BCUT2D eigenvalue weighted by molar-refractivity contribution is 5.78. The van der Waals surface area contributed by atoms with Crippen LogP contribution >= 0.6 is 0 Å². The molecule has 0 radical (unpaired) electrons. The van der Waals surface area contributed by atoms with Gasteiger partial charge in [0.15, 0.2) is 0 Å². The summed E-state index contributed by atoms with van der Waals surface area (Å²) in [6.45, 7) is 5.03. The molecule has 0 atom stereocenters. The molecule has 0 aromatic heterocycles. The van der Waals surface area contributed by atoms with Gasteiger partial charge in [0.25, 0.3) is 0 Å². The first kappa shape index (κ1) is 13.9. The highest BCUT2D eigenvalue weighted by atomic mass is 19.1. The van der Waals surface area contributed by atoms with Crippen LogP contribution in [0.15, 0.2) is 48.8 Å². The van der Waals surface area contributed by atoms with Crippen LogP contribution in [-0.2, 0) is 0 Å². The van der Waals surface area contributed by atoms with Gasteiger partial charge >= 0.3 is 0 Å². The molecule has 92 valence electrons. The smallest absolute Gasteiger partial charge is 0.123 e. The van der Waals surface area contributed by atoms with Crippen molar-refractivity contribution in [3.8, 4) is 6.07 Å². The first-order valence-electron chi connectivity index (χ1n) is 5.51. The summed E-state index contributed by atoms with van der Waals surface area (Å²) in [5.74, 6) is -1.02. The number of allylic oxidation sites excluding steroid dienone is 5. The Kier molecular flexibility index (Phi) is 5.01. The van der Waals surface area contributed by atoms with Crippen LogP contribution in [0.4, 0.5) is 8.78 Å². The van der Waals surface area contributed by atoms with Crippen molar-refractivity contribution in [3.63, 3.8) is 0 Å². The van der Waals surface area contributed by atoms with Crippen LogP contribution in [0.1, 0.15) is 24.5 Å². The lowest BCUT2D eigenvalue weighted by Gasteiger charge is -2.05. The lowest BCUT2D eigenvalue weighted by Crippen LogP contribution is -1.90. The average Bonchev–Trinajstić information content (AvgIpc) is 2.34. The number of nitriles is 1. The zero-order valence-electron chi connectivity index (χ0n) is 10.1. The van der Waals surface area contributed by atoms with Crippen molar-refractivity contribution in [3.05, 3.63) is 65.8 Å². The van der Waals surface area contributed by atoms with Gasteiger partial charge in [-0.25, -0.2) is 8.78 Å². The van der Waals surface area contributed by atoms with E-state index in [1.54, 1.807) is 6.08 Å². The van der Waals surface area contributed by atoms with E-state index in [2.05, 4.69) is 6.58 Å². The fraction of sp³-hybridized carbons (Fsp3) is 0.133. The number of hydrogen-bond acceptors (Lipinski definition) is 1. The van der Waals surface area contributed by atoms with Crippen LogP contribution in [0.5, 0.6) is 0 Å². The largest absolute Gasteiger partial charge is 0.208 e. The van der Waals surface area contributed by atoms with Crippen LogP contribution in [0, 0.1) is 17.1 Å². The maximum Gasteiger partial charge on any atom is 0.123 e. The van der Waals surface area contributed by atoms with Crippen molar-refractivity contribution >= 4 is 5.57 Å². The Balaban J connectivity index is 3.30. The third-order valence-electron chi connectivity index (χ3n) is 2.28. The third kappa shape index (κ3) is 3.67. The number of hydrogen-bond donors (Lipinski definition) is 0. The molecule has 1 rings (SSSR count). The highest BCUT2D eigenvalue weighted by Gasteiger charge is 2.06. The molecule has 0 spiro atoms. The van der Waals surface area contributed by atoms with Gasteiger partial charge < -0.3 is 0 Å². The Hall–Kier alpha value is -2.21. The van der Waals surface area contributed by atoms with Crippen LogP contribution in [0.2, 0.25) is 0 Å². The molecule has 0 saturated heterocycles. The predicted molar refractivity (Wildman–Crippen MR) is 68.8 cm³/mol. The summed E-state index contributed by atoms with van der Waals surface area (Å²) < 4.78 is 25.9. The van der Waals surface area contributed by atoms with E-state index in [9.17, 15) is 8.78 Å². The lowest BCUT2D eigenvalue weighted by molar-refractivity contribution is 0.627. The van der Waals surface area contributed by atoms with Crippen molar-refractivity contribution in [2.45, 2.75) is 13.3 Å². The molecule has 0 fully saturated rings. The van der Waals surface area contributed by atoms with Gasteiger partial charge in [-0.15, -0.1) is 0 Å². The molecular weight excluding hydrogens is 232 g/mol. The van der Waals surface area contributed by atoms with Crippen LogP contribution in [0.3, 0.4) is 0 Å². The maximum absolute atomic E-state index is 13.2. The Labute approximate surface area is 105 Å². The molecule has 1 aromatic rings. The van der Waals surface area contributed by atoms with Gasteiger partial charge in [-0.05, 0) is 36.3 Å². The second-order valence-corrected chi connectivity index (χ2v) is 3.65. The summed E-state index contributed by atoms with van der Waals surface area (Å²) in [5.41, 5.74) is 1.41. The SMILES string of the molecule is C=C(F)C=CC(=CCC)c1cc(F)ccc1C#N. The van der Waals surface area contributed by atoms with Crippen molar-refractivity contribution in [1.29, 1.82) is 5.26 Å². The monoisotopic (exact) mass is 245 g/mol. The molecule has 3 heteroatoms. The molecule has 0 heterocycles. The van der Waals surface area contributed by atoms with Gasteiger partial charge in [-0.3, -0.25) is 0 Å². The standard InChI is InChI=1S/C15H13F2N/c1-3-4-12(6-5-11(2)16)15-9-14(17)8-7-13(15)10-18/h4-9H,2-3H2,1H3. The van der Waals surface area contributed by atoms with E-state index in [-0.39, 0.29) is 0 Å². The molecule has 0 bridgehead atoms. The van der Waals surface area contributed by atoms with Gasteiger partial charge in [0.1, 0.15) is 11.6 Å². The molecule has 0 aliphatic heterocycles. The van der Waals surface area contributed by atoms with E-state index in [4.69, 9.17) is 5.26 Å². The Morgan fingerprint density at radius 1 is 1.44 bits per heavy atom. The van der Waals surface area contributed by atoms with Gasteiger partial charge in [0, 0.05) is 5.56 Å². The highest BCUT2D eigenvalue weighted by Crippen LogP contribution is 2.22. The fourth-order valence-corrected chi connectivity index (χ4v) is 1.52. The van der Waals surface area contributed by atoms with Gasteiger partial charge in [-0.2, -0.15) is 5.26 Å². The zero-order chi connectivity index (χ0) is 13.5.